The summed E-state index contributed by atoms with van der Waals surface area (Å²) in [6, 6.07) is 32.4. The molecule has 5 nitrogen and oxygen atoms in total. The molecule has 1 saturated heterocycles. The quantitative estimate of drug-likeness (QED) is 0.411. The third-order valence-electron chi connectivity index (χ3n) is 7.87. The van der Waals surface area contributed by atoms with Crippen molar-refractivity contribution < 1.29 is 14.4 Å². The molecule has 0 spiro atoms. The van der Waals surface area contributed by atoms with Crippen LogP contribution in [-0.4, -0.2) is 17.7 Å². The molecular formula is C31H22N2O3. The van der Waals surface area contributed by atoms with Crippen molar-refractivity contribution in [2.75, 3.05) is 10.2 Å². The fourth-order valence-electron chi connectivity index (χ4n) is 6.42. The summed E-state index contributed by atoms with van der Waals surface area (Å²) in [6.45, 7) is 0. The standard InChI is InChI=1S/C31H22N2O3/c34-29(32-19-8-2-1-3-9-19)18-14-16-20(17-15-18)33-30(35)27-25-21-10-4-5-11-22(21)26(28(27)31(33)36)24-13-7-6-12-23(24)25/h1-17,25-28H,(H,32,34)/t25?,26?,27-,28-/m1/s1. The number of anilines is 2. The maximum Gasteiger partial charge on any atom is 0.255 e. The van der Waals surface area contributed by atoms with Gasteiger partial charge in [0, 0.05) is 23.1 Å². The molecule has 2 atom stereocenters. The van der Waals surface area contributed by atoms with Crippen molar-refractivity contribution in [3.8, 4) is 0 Å². The van der Waals surface area contributed by atoms with Crippen molar-refractivity contribution in [3.05, 3.63) is 131 Å². The summed E-state index contributed by atoms with van der Waals surface area (Å²) in [6.07, 6.45) is 0. The summed E-state index contributed by atoms with van der Waals surface area (Å²) in [5.41, 5.74) is 6.27. The van der Waals surface area contributed by atoms with Crippen LogP contribution in [0.5, 0.6) is 0 Å². The molecule has 1 N–H and O–H groups in total. The van der Waals surface area contributed by atoms with E-state index in [1.165, 1.54) is 4.90 Å². The summed E-state index contributed by atoms with van der Waals surface area (Å²) >= 11 is 0. The molecule has 1 heterocycles. The highest BCUT2D eigenvalue weighted by molar-refractivity contribution is 6.23. The Hall–Kier alpha value is -4.51. The fraction of sp³-hybridized carbons (Fsp3) is 0.129. The molecule has 5 heteroatoms. The van der Waals surface area contributed by atoms with E-state index >= 15 is 0 Å². The van der Waals surface area contributed by atoms with E-state index in [0.29, 0.717) is 16.9 Å². The molecule has 0 radical (unpaired) electrons. The van der Waals surface area contributed by atoms with Crippen LogP contribution < -0.4 is 10.2 Å². The first-order valence-electron chi connectivity index (χ1n) is 12.2. The topological polar surface area (TPSA) is 66.5 Å². The van der Waals surface area contributed by atoms with Crippen LogP contribution in [0.15, 0.2) is 103 Å². The minimum absolute atomic E-state index is 0.134. The minimum atomic E-state index is -0.423. The predicted molar refractivity (Wildman–Crippen MR) is 137 cm³/mol. The van der Waals surface area contributed by atoms with Crippen molar-refractivity contribution in [1.82, 2.24) is 0 Å². The van der Waals surface area contributed by atoms with Crippen molar-refractivity contribution in [1.29, 1.82) is 0 Å². The number of nitrogens with one attached hydrogen (secondary N) is 1. The van der Waals surface area contributed by atoms with Gasteiger partial charge in [-0.05, 0) is 58.7 Å². The first kappa shape index (κ1) is 20.8. The van der Waals surface area contributed by atoms with Gasteiger partial charge in [-0.1, -0.05) is 66.7 Å². The van der Waals surface area contributed by atoms with Gasteiger partial charge < -0.3 is 5.32 Å². The first-order chi connectivity index (χ1) is 17.6. The molecule has 3 aliphatic carbocycles. The maximum atomic E-state index is 13.8. The van der Waals surface area contributed by atoms with Gasteiger partial charge in [0.15, 0.2) is 0 Å². The summed E-state index contributed by atoms with van der Waals surface area (Å²) in [5.74, 6) is -1.68. The molecule has 4 aromatic carbocycles. The minimum Gasteiger partial charge on any atom is -0.322 e. The van der Waals surface area contributed by atoms with E-state index in [2.05, 4.69) is 29.6 Å². The van der Waals surface area contributed by atoms with Gasteiger partial charge in [0.25, 0.3) is 5.91 Å². The Morgan fingerprint density at radius 1 is 0.583 bits per heavy atom. The van der Waals surface area contributed by atoms with Gasteiger partial charge >= 0.3 is 0 Å². The van der Waals surface area contributed by atoms with Crippen LogP contribution in [-0.2, 0) is 9.59 Å². The summed E-state index contributed by atoms with van der Waals surface area (Å²) in [5, 5.41) is 2.86. The van der Waals surface area contributed by atoms with E-state index < -0.39 is 11.8 Å². The Morgan fingerprint density at radius 3 is 1.50 bits per heavy atom. The van der Waals surface area contributed by atoms with Gasteiger partial charge in [-0.15, -0.1) is 0 Å². The normalized spacial score (nSPS) is 23.2. The van der Waals surface area contributed by atoms with Crippen LogP contribution in [0.4, 0.5) is 11.4 Å². The number of hydrogen-bond acceptors (Lipinski definition) is 3. The number of para-hydroxylation sites is 1. The van der Waals surface area contributed by atoms with Gasteiger partial charge in [-0.3, -0.25) is 14.4 Å². The Morgan fingerprint density at radius 2 is 1.03 bits per heavy atom. The lowest BCUT2D eigenvalue weighted by molar-refractivity contribution is -0.122. The average Bonchev–Trinajstić information content (AvgIpc) is 3.19. The Balaban J connectivity index is 1.23. The monoisotopic (exact) mass is 470 g/mol. The van der Waals surface area contributed by atoms with Gasteiger partial charge in [-0.2, -0.15) is 0 Å². The van der Waals surface area contributed by atoms with Crippen LogP contribution in [0.2, 0.25) is 0 Å². The van der Waals surface area contributed by atoms with Crippen molar-refractivity contribution >= 4 is 29.1 Å². The predicted octanol–water partition coefficient (Wildman–Crippen LogP) is 5.34. The molecule has 1 fully saturated rings. The number of hydrogen-bond donors (Lipinski definition) is 1. The van der Waals surface area contributed by atoms with E-state index in [4.69, 9.17) is 0 Å². The molecule has 0 unspecified atom stereocenters. The van der Waals surface area contributed by atoms with Crippen LogP contribution in [0.25, 0.3) is 0 Å². The first-order valence-corrected chi connectivity index (χ1v) is 12.2. The molecule has 36 heavy (non-hydrogen) atoms. The molecule has 0 saturated carbocycles. The second kappa shape index (κ2) is 7.75. The molecule has 174 valence electrons. The van der Waals surface area contributed by atoms with Crippen molar-refractivity contribution in [3.63, 3.8) is 0 Å². The smallest absolute Gasteiger partial charge is 0.255 e. The van der Waals surface area contributed by atoms with E-state index in [-0.39, 0.29) is 29.6 Å². The number of benzene rings is 4. The Kier molecular flexibility index (Phi) is 4.48. The lowest BCUT2D eigenvalue weighted by Crippen LogP contribution is -2.41. The summed E-state index contributed by atoms with van der Waals surface area (Å²) in [4.78, 5) is 41.7. The average molecular weight is 471 g/mol. The highest BCUT2D eigenvalue weighted by Gasteiger charge is 2.61. The van der Waals surface area contributed by atoms with Gasteiger partial charge in [-0.25, -0.2) is 4.90 Å². The van der Waals surface area contributed by atoms with E-state index in [1.807, 2.05) is 54.6 Å². The molecule has 8 rings (SSSR count). The van der Waals surface area contributed by atoms with Crippen LogP contribution in [0, 0.1) is 11.8 Å². The van der Waals surface area contributed by atoms with Crippen LogP contribution in [0.1, 0.15) is 44.4 Å². The molecule has 4 aliphatic rings. The number of rotatable bonds is 3. The molecule has 0 aromatic heterocycles. The Bertz CT molecular complexity index is 1430. The number of carbonyl (C=O) groups excluding carboxylic acids is 3. The maximum absolute atomic E-state index is 13.8. The molecule has 4 aromatic rings. The fourth-order valence-corrected chi connectivity index (χ4v) is 6.42. The van der Waals surface area contributed by atoms with E-state index in [0.717, 1.165) is 22.3 Å². The van der Waals surface area contributed by atoms with Crippen molar-refractivity contribution in [2.45, 2.75) is 11.8 Å². The number of imide groups is 1. The largest absolute Gasteiger partial charge is 0.322 e. The third-order valence-corrected chi connectivity index (χ3v) is 7.87. The Labute approximate surface area is 208 Å². The van der Waals surface area contributed by atoms with Gasteiger partial charge in [0.1, 0.15) is 0 Å². The van der Waals surface area contributed by atoms with E-state index in [9.17, 15) is 14.4 Å². The molecule has 2 bridgehead atoms. The lowest BCUT2D eigenvalue weighted by atomic mass is 9.55. The second-order valence-electron chi connectivity index (χ2n) is 9.64. The second-order valence-corrected chi connectivity index (χ2v) is 9.64. The van der Waals surface area contributed by atoms with E-state index in [1.54, 1.807) is 24.3 Å². The zero-order valence-corrected chi connectivity index (χ0v) is 19.3. The summed E-state index contributed by atoms with van der Waals surface area (Å²) < 4.78 is 0. The van der Waals surface area contributed by atoms with Crippen molar-refractivity contribution in [2.24, 2.45) is 11.8 Å². The number of carbonyl (C=O) groups is 3. The SMILES string of the molecule is O=C(Nc1ccccc1)c1ccc(N2C(=O)[C@@H]3C4c5ccccc5C(c5ccccc54)[C@H]3C2=O)cc1. The highest BCUT2D eigenvalue weighted by Crippen LogP contribution is 2.61. The molecular weight excluding hydrogens is 448 g/mol. The number of amides is 3. The molecule has 1 aliphatic heterocycles. The van der Waals surface area contributed by atoms with Gasteiger partial charge in [0.05, 0.1) is 17.5 Å². The zero-order valence-electron chi connectivity index (χ0n) is 19.3. The summed E-state index contributed by atoms with van der Waals surface area (Å²) in [7, 11) is 0. The third kappa shape index (κ3) is 2.86. The number of nitrogens with zero attached hydrogens (tertiary/aromatic N) is 1. The van der Waals surface area contributed by atoms with Crippen LogP contribution >= 0.6 is 0 Å². The molecule has 3 amide bonds. The lowest BCUT2D eigenvalue weighted by Gasteiger charge is -2.45. The zero-order chi connectivity index (χ0) is 24.4. The highest BCUT2D eigenvalue weighted by atomic mass is 16.2. The van der Waals surface area contributed by atoms with Gasteiger partial charge in [0.2, 0.25) is 11.8 Å². The van der Waals surface area contributed by atoms with Crippen LogP contribution in [0.3, 0.4) is 0 Å².